The van der Waals surface area contributed by atoms with E-state index in [-0.39, 0.29) is 23.5 Å². The van der Waals surface area contributed by atoms with Gasteiger partial charge in [0, 0.05) is 29.6 Å². The van der Waals surface area contributed by atoms with Crippen LogP contribution >= 0.6 is 11.8 Å². The average Bonchev–Trinajstić information content (AvgIpc) is 3.46. The number of carbonyl (C=O) groups excluding carboxylic acids is 1. The van der Waals surface area contributed by atoms with Crippen molar-refractivity contribution in [2.75, 3.05) is 30.9 Å². The maximum Gasteiger partial charge on any atom is 0.348 e. The number of hydrogen-bond acceptors (Lipinski definition) is 7. The summed E-state index contributed by atoms with van der Waals surface area (Å²) < 4.78 is 18.6. The van der Waals surface area contributed by atoms with Gasteiger partial charge in [0.25, 0.3) is 0 Å². The molecule has 8 nitrogen and oxygen atoms in total. The number of nitrogens with zero attached hydrogens (tertiary/aromatic N) is 2. The van der Waals surface area contributed by atoms with Crippen molar-refractivity contribution in [3.8, 4) is 11.5 Å². The molecule has 0 saturated carbocycles. The maximum atomic E-state index is 12.7. The highest BCUT2D eigenvalue weighted by Crippen LogP contribution is 2.33. The van der Waals surface area contributed by atoms with E-state index in [1.807, 2.05) is 0 Å². The molecule has 3 aliphatic rings. The Morgan fingerprint density at radius 2 is 2.03 bits per heavy atom. The van der Waals surface area contributed by atoms with Crippen molar-refractivity contribution >= 4 is 23.4 Å². The van der Waals surface area contributed by atoms with Crippen molar-refractivity contribution in [3.05, 3.63) is 39.9 Å². The summed E-state index contributed by atoms with van der Waals surface area (Å²) in [6.07, 6.45) is 4.89. The average molecular weight is 444 g/mol. The van der Waals surface area contributed by atoms with Gasteiger partial charge >= 0.3 is 5.69 Å². The Kier molecular flexibility index (Phi) is 5.87. The molecule has 164 valence electrons. The van der Waals surface area contributed by atoms with Crippen molar-refractivity contribution < 1.29 is 19.0 Å². The van der Waals surface area contributed by atoms with E-state index in [9.17, 15) is 9.59 Å². The lowest BCUT2D eigenvalue weighted by Gasteiger charge is -2.19. The topological polar surface area (TPSA) is 91.7 Å². The second-order valence-electron chi connectivity index (χ2n) is 7.92. The molecule has 2 aliphatic heterocycles. The first kappa shape index (κ1) is 20.4. The standard InChI is InChI=1S/C22H25N3O5S/c26-20(23-14-6-7-18-19(11-14)30-10-9-29-18)13-31-21-16-4-1-5-17(16)25(22(27)24-21)12-15-3-2-8-28-15/h6-7,11,15H,1-5,8-10,12-13H2,(H,23,26). The van der Waals surface area contributed by atoms with Gasteiger partial charge in [0.2, 0.25) is 5.91 Å². The molecule has 31 heavy (non-hydrogen) atoms. The first-order chi connectivity index (χ1) is 15.2. The van der Waals surface area contributed by atoms with Gasteiger partial charge in [-0.1, -0.05) is 11.8 Å². The van der Waals surface area contributed by atoms with Gasteiger partial charge in [-0.3, -0.25) is 9.36 Å². The molecular weight excluding hydrogens is 418 g/mol. The first-order valence-electron chi connectivity index (χ1n) is 10.7. The summed E-state index contributed by atoms with van der Waals surface area (Å²) in [6, 6.07) is 5.34. The lowest BCUT2D eigenvalue weighted by molar-refractivity contribution is -0.113. The lowest BCUT2D eigenvalue weighted by Crippen LogP contribution is -2.31. The highest BCUT2D eigenvalue weighted by molar-refractivity contribution is 8.00. The number of hydrogen-bond donors (Lipinski definition) is 1. The van der Waals surface area contributed by atoms with E-state index in [4.69, 9.17) is 14.2 Å². The predicted molar refractivity (Wildman–Crippen MR) is 116 cm³/mol. The van der Waals surface area contributed by atoms with Crippen LogP contribution in [0.2, 0.25) is 0 Å². The van der Waals surface area contributed by atoms with E-state index in [1.54, 1.807) is 22.8 Å². The number of benzene rings is 1. The number of nitrogens with one attached hydrogen (secondary N) is 1. The van der Waals surface area contributed by atoms with Crippen LogP contribution in [-0.4, -0.2) is 47.1 Å². The summed E-state index contributed by atoms with van der Waals surface area (Å²) in [5.74, 6) is 1.34. The number of ether oxygens (including phenoxy) is 3. The van der Waals surface area contributed by atoms with Gasteiger partial charge in [-0.15, -0.1) is 0 Å². The molecule has 1 N–H and O–H groups in total. The Bertz CT molecular complexity index is 1050. The van der Waals surface area contributed by atoms with Gasteiger partial charge in [-0.25, -0.2) is 4.79 Å². The Morgan fingerprint density at radius 1 is 1.16 bits per heavy atom. The fraction of sp³-hybridized carbons (Fsp3) is 0.500. The molecule has 1 amide bonds. The third-order valence-corrected chi connectivity index (χ3v) is 6.79. The molecule has 1 atom stereocenters. The molecule has 0 spiro atoms. The molecule has 1 saturated heterocycles. The number of rotatable bonds is 6. The van der Waals surface area contributed by atoms with Gasteiger partial charge in [-0.2, -0.15) is 4.98 Å². The highest BCUT2D eigenvalue weighted by atomic mass is 32.2. The normalized spacial score (nSPS) is 19.3. The van der Waals surface area contributed by atoms with Crippen molar-refractivity contribution in [1.29, 1.82) is 0 Å². The fourth-order valence-corrected chi connectivity index (χ4v) is 5.21. The first-order valence-corrected chi connectivity index (χ1v) is 11.7. The SMILES string of the molecule is O=C(CSc1nc(=O)n(CC2CCCO2)c2c1CCC2)Nc1ccc2c(c1)OCCO2. The largest absolute Gasteiger partial charge is 0.486 e. The molecule has 9 heteroatoms. The van der Waals surface area contributed by atoms with Gasteiger partial charge in [-0.05, 0) is 44.2 Å². The van der Waals surface area contributed by atoms with Crippen molar-refractivity contribution in [2.24, 2.45) is 0 Å². The van der Waals surface area contributed by atoms with Crippen molar-refractivity contribution in [3.63, 3.8) is 0 Å². The van der Waals surface area contributed by atoms with E-state index in [2.05, 4.69) is 10.3 Å². The van der Waals surface area contributed by atoms with E-state index in [1.165, 1.54) is 11.8 Å². The van der Waals surface area contributed by atoms with Crippen LogP contribution in [0.5, 0.6) is 11.5 Å². The number of amides is 1. The second kappa shape index (κ2) is 8.92. The smallest absolute Gasteiger partial charge is 0.348 e. The van der Waals surface area contributed by atoms with Gasteiger partial charge in [0.15, 0.2) is 11.5 Å². The summed E-state index contributed by atoms with van der Waals surface area (Å²) in [4.78, 5) is 29.5. The van der Waals surface area contributed by atoms with Crippen LogP contribution in [0.3, 0.4) is 0 Å². The summed E-state index contributed by atoms with van der Waals surface area (Å²) in [6.45, 7) is 2.36. The monoisotopic (exact) mass is 443 g/mol. The van der Waals surface area contributed by atoms with Gasteiger partial charge in [0.1, 0.15) is 18.2 Å². The Labute approximate surface area is 184 Å². The Morgan fingerprint density at radius 3 is 2.87 bits per heavy atom. The number of fused-ring (bicyclic) bond motifs is 2. The number of anilines is 1. The van der Waals surface area contributed by atoms with Gasteiger partial charge < -0.3 is 19.5 Å². The van der Waals surface area contributed by atoms with Crippen LogP contribution in [0.1, 0.15) is 30.5 Å². The minimum Gasteiger partial charge on any atom is -0.486 e. The molecule has 2 aromatic rings. The fourth-order valence-electron chi connectivity index (χ4n) is 4.34. The highest BCUT2D eigenvalue weighted by Gasteiger charge is 2.25. The molecule has 1 aliphatic carbocycles. The van der Waals surface area contributed by atoms with Crippen LogP contribution in [0.4, 0.5) is 5.69 Å². The van der Waals surface area contributed by atoms with E-state index >= 15 is 0 Å². The van der Waals surface area contributed by atoms with E-state index in [0.29, 0.717) is 42.0 Å². The van der Waals surface area contributed by atoms with Crippen molar-refractivity contribution in [2.45, 2.75) is 49.8 Å². The molecule has 0 radical (unpaired) electrons. The number of thioether (sulfide) groups is 1. The van der Waals surface area contributed by atoms with Crippen LogP contribution in [0.25, 0.3) is 0 Å². The van der Waals surface area contributed by atoms with Gasteiger partial charge in [0.05, 0.1) is 18.4 Å². The zero-order valence-corrected chi connectivity index (χ0v) is 18.0. The minimum atomic E-state index is -0.245. The third kappa shape index (κ3) is 4.43. The quantitative estimate of drug-likeness (QED) is 0.541. The Hall–Kier alpha value is -2.52. The van der Waals surface area contributed by atoms with Crippen LogP contribution in [0, 0.1) is 0 Å². The lowest BCUT2D eigenvalue weighted by atomic mass is 10.2. The van der Waals surface area contributed by atoms with Crippen LogP contribution < -0.4 is 20.5 Å². The summed E-state index contributed by atoms with van der Waals surface area (Å²) in [5.41, 5.74) is 2.57. The number of aromatic nitrogens is 2. The third-order valence-electron chi connectivity index (χ3n) is 5.78. The molecule has 3 heterocycles. The zero-order valence-electron chi connectivity index (χ0n) is 17.2. The van der Waals surface area contributed by atoms with Crippen LogP contribution in [-0.2, 0) is 28.9 Å². The molecule has 0 bridgehead atoms. The summed E-state index contributed by atoms with van der Waals surface area (Å²) >= 11 is 1.32. The van der Waals surface area contributed by atoms with E-state index < -0.39 is 0 Å². The zero-order chi connectivity index (χ0) is 21.2. The second-order valence-corrected chi connectivity index (χ2v) is 8.88. The predicted octanol–water partition coefficient (Wildman–Crippen LogP) is 2.41. The number of carbonyl (C=O) groups is 1. The summed E-state index contributed by atoms with van der Waals surface area (Å²) in [7, 11) is 0. The molecule has 1 aromatic carbocycles. The summed E-state index contributed by atoms with van der Waals surface area (Å²) in [5, 5.41) is 3.56. The molecule has 1 unspecified atom stereocenters. The molecular formula is C22H25N3O5S. The molecule has 1 fully saturated rings. The minimum absolute atomic E-state index is 0.0967. The van der Waals surface area contributed by atoms with E-state index in [0.717, 1.165) is 50.0 Å². The molecule has 1 aromatic heterocycles. The maximum absolute atomic E-state index is 12.7. The van der Waals surface area contributed by atoms with Crippen molar-refractivity contribution in [1.82, 2.24) is 9.55 Å². The Balaban J connectivity index is 1.26. The molecule has 5 rings (SSSR count). The van der Waals surface area contributed by atoms with Crippen LogP contribution in [0.15, 0.2) is 28.0 Å².